The van der Waals surface area contributed by atoms with E-state index in [4.69, 9.17) is 4.74 Å². The van der Waals surface area contributed by atoms with Crippen molar-refractivity contribution in [1.29, 1.82) is 0 Å². The summed E-state index contributed by atoms with van der Waals surface area (Å²) >= 11 is 0. The van der Waals surface area contributed by atoms with Gasteiger partial charge in [-0.05, 0) is 66.5 Å². The lowest BCUT2D eigenvalue weighted by Crippen LogP contribution is -2.10. The van der Waals surface area contributed by atoms with Crippen molar-refractivity contribution < 1.29 is 4.74 Å². The Hall–Kier alpha value is -2.04. The molecule has 1 saturated carbocycles. The average Bonchev–Trinajstić information content (AvgIpc) is 2.67. The van der Waals surface area contributed by atoms with E-state index in [9.17, 15) is 0 Å². The SMILES string of the molecule is COCCc1ccc(C#Cc2ccc(C3CCC(C)CC3)cc2)cc1. The molecule has 1 aliphatic carbocycles. The van der Waals surface area contributed by atoms with Crippen LogP contribution in [0, 0.1) is 17.8 Å². The van der Waals surface area contributed by atoms with Crippen LogP contribution in [0.3, 0.4) is 0 Å². The predicted molar refractivity (Wildman–Crippen MR) is 105 cm³/mol. The van der Waals surface area contributed by atoms with Gasteiger partial charge in [-0.3, -0.25) is 0 Å². The molecule has 0 aromatic heterocycles. The fourth-order valence-electron chi connectivity index (χ4n) is 3.55. The number of hydrogen-bond donors (Lipinski definition) is 0. The molecule has 3 rings (SSSR count). The summed E-state index contributed by atoms with van der Waals surface area (Å²) in [6.45, 7) is 3.14. The zero-order valence-electron chi connectivity index (χ0n) is 15.4. The van der Waals surface area contributed by atoms with Crippen molar-refractivity contribution in [1.82, 2.24) is 0 Å². The van der Waals surface area contributed by atoms with Gasteiger partial charge in [0.1, 0.15) is 0 Å². The van der Waals surface area contributed by atoms with Crippen molar-refractivity contribution in [2.45, 2.75) is 44.9 Å². The van der Waals surface area contributed by atoms with Crippen LogP contribution in [0.4, 0.5) is 0 Å². The lowest BCUT2D eigenvalue weighted by molar-refractivity contribution is 0.202. The van der Waals surface area contributed by atoms with Crippen LogP contribution in [0.25, 0.3) is 0 Å². The fraction of sp³-hybridized carbons (Fsp3) is 0.417. The Morgan fingerprint density at radius 3 is 1.96 bits per heavy atom. The second-order valence-corrected chi connectivity index (χ2v) is 7.27. The molecule has 25 heavy (non-hydrogen) atoms. The molecule has 1 fully saturated rings. The van der Waals surface area contributed by atoms with Gasteiger partial charge in [0.05, 0.1) is 6.61 Å². The molecule has 0 unspecified atom stereocenters. The third kappa shape index (κ3) is 5.21. The van der Waals surface area contributed by atoms with Gasteiger partial charge in [0.25, 0.3) is 0 Å². The third-order valence-corrected chi connectivity index (χ3v) is 5.30. The summed E-state index contributed by atoms with van der Waals surface area (Å²) in [5.74, 6) is 8.21. The highest BCUT2D eigenvalue weighted by atomic mass is 16.5. The maximum absolute atomic E-state index is 5.11. The summed E-state index contributed by atoms with van der Waals surface area (Å²) in [4.78, 5) is 0. The zero-order chi connectivity index (χ0) is 17.5. The molecule has 0 heterocycles. The van der Waals surface area contributed by atoms with Gasteiger partial charge in [-0.2, -0.15) is 0 Å². The molecule has 1 heteroatoms. The fourth-order valence-corrected chi connectivity index (χ4v) is 3.55. The van der Waals surface area contributed by atoms with E-state index < -0.39 is 0 Å². The summed E-state index contributed by atoms with van der Waals surface area (Å²) in [7, 11) is 1.74. The lowest BCUT2D eigenvalue weighted by atomic mass is 9.79. The molecule has 0 saturated heterocycles. The predicted octanol–water partition coefficient (Wildman–Crippen LogP) is 5.57. The summed E-state index contributed by atoms with van der Waals surface area (Å²) in [6, 6.07) is 17.4. The minimum atomic E-state index is 0.748. The van der Waals surface area contributed by atoms with E-state index in [1.807, 2.05) is 0 Å². The molecule has 1 aliphatic rings. The van der Waals surface area contributed by atoms with E-state index in [0.29, 0.717) is 0 Å². The molecule has 130 valence electrons. The van der Waals surface area contributed by atoms with Gasteiger partial charge in [-0.1, -0.05) is 55.9 Å². The number of benzene rings is 2. The molecule has 1 nitrogen and oxygen atoms in total. The van der Waals surface area contributed by atoms with E-state index >= 15 is 0 Å². The number of ether oxygens (including phenoxy) is 1. The summed E-state index contributed by atoms with van der Waals surface area (Å²) in [6.07, 6.45) is 6.36. The maximum Gasteiger partial charge on any atom is 0.0502 e. The Balaban J connectivity index is 1.61. The van der Waals surface area contributed by atoms with Crippen molar-refractivity contribution in [3.8, 4) is 11.8 Å². The second-order valence-electron chi connectivity index (χ2n) is 7.27. The van der Waals surface area contributed by atoms with E-state index in [0.717, 1.165) is 36.0 Å². The van der Waals surface area contributed by atoms with Crippen molar-refractivity contribution in [3.05, 3.63) is 70.8 Å². The van der Waals surface area contributed by atoms with Crippen molar-refractivity contribution in [3.63, 3.8) is 0 Å². The van der Waals surface area contributed by atoms with E-state index in [1.165, 1.54) is 36.8 Å². The lowest BCUT2D eigenvalue weighted by Gasteiger charge is -2.26. The molecular weight excluding hydrogens is 304 g/mol. The van der Waals surface area contributed by atoms with Crippen LogP contribution >= 0.6 is 0 Å². The summed E-state index contributed by atoms with van der Waals surface area (Å²) < 4.78 is 5.11. The second kappa shape index (κ2) is 8.88. The number of hydrogen-bond acceptors (Lipinski definition) is 1. The van der Waals surface area contributed by atoms with Crippen LogP contribution < -0.4 is 0 Å². The van der Waals surface area contributed by atoms with Crippen molar-refractivity contribution in [2.24, 2.45) is 5.92 Å². The monoisotopic (exact) mass is 332 g/mol. The Morgan fingerprint density at radius 2 is 1.40 bits per heavy atom. The van der Waals surface area contributed by atoms with Crippen LogP contribution in [0.5, 0.6) is 0 Å². The molecule has 2 aromatic carbocycles. The molecule has 0 radical (unpaired) electrons. The topological polar surface area (TPSA) is 9.23 Å². The largest absolute Gasteiger partial charge is 0.384 e. The summed E-state index contributed by atoms with van der Waals surface area (Å²) in [5, 5.41) is 0. The van der Waals surface area contributed by atoms with Crippen LogP contribution in [0.1, 0.15) is 60.8 Å². The van der Waals surface area contributed by atoms with Crippen LogP contribution in [0.2, 0.25) is 0 Å². The standard InChI is InChI=1S/C24H28O/c1-19-3-13-23(14-4-19)24-15-11-21(12-16-24)6-5-20-7-9-22(10-8-20)17-18-25-2/h7-12,15-16,19,23H,3-4,13-14,17-18H2,1-2H3. The molecule has 0 spiro atoms. The van der Waals surface area contributed by atoms with Gasteiger partial charge in [0.2, 0.25) is 0 Å². The third-order valence-electron chi connectivity index (χ3n) is 5.30. The molecule has 0 amide bonds. The first-order valence-corrected chi connectivity index (χ1v) is 9.44. The zero-order valence-corrected chi connectivity index (χ0v) is 15.4. The van der Waals surface area contributed by atoms with Gasteiger partial charge >= 0.3 is 0 Å². The van der Waals surface area contributed by atoms with Crippen molar-refractivity contribution >= 4 is 0 Å². The Labute approximate surface area is 152 Å². The van der Waals surface area contributed by atoms with E-state index in [2.05, 4.69) is 67.3 Å². The molecular formula is C24H28O. The normalized spacial score (nSPS) is 19.9. The maximum atomic E-state index is 5.11. The molecule has 0 bridgehead atoms. The molecule has 0 atom stereocenters. The highest BCUT2D eigenvalue weighted by molar-refractivity contribution is 5.44. The van der Waals surface area contributed by atoms with Gasteiger partial charge < -0.3 is 4.74 Å². The highest BCUT2D eigenvalue weighted by Crippen LogP contribution is 2.35. The number of methoxy groups -OCH3 is 1. The molecule has 0 N–H and O–H groups in total. The van der Waals surface area contributed by atoms with Crippen LogP contribution in [-0.2, 0) is 11.2 Å². The van der Waals surface area contributed by atoms with Gasteiger partial charge in [-0.25, -0.2) is 0 Å². The van der Waals surface area contributed by atoms with E-state index in [-0.39, 0.29) is 0 Å². The average molecular weight is 332 g/mol. The van der Waals surface area contributed by atoms with Gasteiger partial charge in [0, 0.05) is 18.2 Å². The first kappa shape index (κ1) is 17.8. The quantitative estimate of drug-likeness (QED) is 0.665. The van der Waals surface area contributed by atoms with E-state index in [1.54, 1.807) is 7.11 Å². The minimum absolute atomic E-state index is 0.748. The minimum Gasteiger partial charge on any atom is -0.384 e. The first-order chi connectivity index (χ1) is 12.2. The van der Waals surface area contributed by atoms with Gasteiger partial charge in [0.15, 0.2) is 0 Å². The Kier molecular flexibility index (Phi) is 6.31. The Bertz CT molecular complexity index is 707. The first-order valence-electron chi connectivity index (χ1n) is 9.44. The smallest absolute Gasteiger partial charge is 0.0502 e. The Morgan fingerprint density at radius 1 is 0.840 bits per heavy atom. The van der Waals surface area contributed by atoms with Crippen molar-refractivity contribution in [2.75, 3.05) is 13.7 Å². The molecule has 2 aromatic rings. The summed E-state index contributed by atoms with van der Waals surface area (Å²) in [5.41, 5.74) is 4.93. The van der Waals surface area contributed by atoms with Crippen LogP contribution in [-0.4, -0.2) is 13.7 Å². The van der Waals surface area contributed by atoms with Crippen LogP contribution in [0.15, 0.2) is 48.5 Å². The molecule has 0 aliphatic heterocycles. The highest BCUT2D eigenvalue weighted by Gasteiger charge is 2.19. The number of rotatable bonds is 4. The van der Waals surface area contributed by atoms with Gasteiger partial charge in [-0.15, -0.1) is 0 Å².